The Bertz CT molecular complexity index is 1230. The topological polar surface area (TPSA) is 62.6 Å². The van der Waals surface area contributed by atoms with Crippen LogP contribution in [0.5, 0.6) is 0 Å². The van der Waals surface area contributed by atoms with E-state index in [1.165, 1.54) is 4.31 Å². The van der Waals surface area contributed by atoms with Gasteiger partial charge in [-0.25, -0.2) is 8.42 Å². The van der Waals surface area contributed by atoms with Gasteiger partial charge in [0.15, 0.2) is 0 Å². The van der Waals surface area contributed by atoms with E-state index in [0.29, 0.717) is 42.6 Å². The Labute approximate surface area is 202 Å². The number of carbonyl (C=O) groups excluding carboxylic acids is 1. The Morgan fingerprint density at radius 2 is 1.41 bits per heavy atom. The summed E-state index contributed by atoms with van der Waals surface area (Å²) >= 11 is 0. The van der Waals surface area contributed by atoms with E-state index in [1.54, 1.807) is 17.0 Å². The minimum atomic E-state index is -3.57. The zero-order valence-corrected chi connectivity index (χ0v) is 21.2. The van der Waals surface area contributed by atoms with Gasteiger partial charge in [-0.15, -0.1) is 0 Å². The minimum absolute atomic E-state index is 0.0672. The molecule has 1 aliphatic rings. The van der Waals surface area contributed by atoms with Crippen molar-refractivity contribution in [2.75, 3.05) is 26.2 Å². The molecule has 180 valence electrons. The maximum atomic E-state index is 13.1. The average molecular weight is 480 g/mol. The predicted octanol–water partition coefficient (Wildman–Crippen LogP) is 4.75. The molecule has 1 aliphatic heterocycles. The third kappa shape index (κ3) is 4.68. The van der Waals surface area contributed by atoms with Gasteiger partial charge in [-0.05, 0) is 80.3 Å². The molecule has 4 rings (SSSR count). The van der Waals surface area contributed by atoms with Crippen LogP contribution in [0.15, 0.2) is 65.6 Å². The second kappa shape index (κ2) is 9.76. The quantitative estimate of drug-likeness (QED) is 0.512. The van der Waals surface area contributed by atoms with Crippen molar-refractivity contribution in [2.45, 2.75) is 44.9 Å². The number of aryl methyl sites for hydroxylation is 2. The highest BCUT2D eigenvalue weighted by molar-refractivity contribution is 7.89. The molecule has 0 aliphatic carbocycles. The summed E-state index contributed by atoms with van der Waals surface area (Å²) in [6, 6.07) is 19.0. The predicted molar refractivity (Wildman–Crippen MR) is 135 cm³/mol. The Morgan fingerprint density at radius 3 is 1.94 bits per heavy atom. The molecule has 2 heterocycles. The number of amides is 1. The van der Waals surface area contributed by atoms with Gasteiger partial charge in [0.05, 0.1) is 4.90 Å². The van der Waals surface area contributed by atoms with Crippen molar-refractivity contribution in [3.05, 3.63) is 83.2 Å². The first-order valence-electron chi connectivity index (χ1n) is 11.9. The van der Waals surface area contributed by atoms with E-state index < -0.39 is 10.0 Å². The second-order valence-corrected chi connectivity index (χ2v) is 11.0. The van der Waals surface area contributed by atoms with Crippen molar-refractivity contribution in [2.24, 2.45) is 0 Å². The first-order valence-corrected chi connectivity index (χ1v) is 13.3. The molecule has 2 aromatic carbocycles. The molecule has 0 N–H and O–H groups in total. The van der Waals surface area contributed by atoms with Gasteiger partial charge in [0.25, 0.3) is 5.91 Å². The third-order valence-corrected chi connectivity index (χ3v) is 8.78. The van der Waals surface area contributed by atoms with Crippen LogP contribution in [0.25, 0.3) is 5.69 Å². The summed E-state index contributed by atoms with van der Waals surface area (Å²) in [6.45, 7) is 9.70. The van der Waals surface area contributed by atoms with Crippen molar-refractivity contribution >= 4 is 15.9 Å². The summed E-state index contributed by atoms with van der Waals surface area (Å²) in [5.41, 5.74) is 5.06. The van der Waals surface area contributed by atoms with Gasteiger partial charge in [-0.1, -0.05) is 26.0 Å². The molecule has 0 bridgehead atoms. The number of piperazine rings is 1. The molecule has 1 fully saturated rings. The van der Waals surface area contributed by atoms with Gasteiger partial charge < -0.3 is 9.47 Å². The number of rotatable bonds is 6. The first kappa shape index (κ1) is 24.2. The highest BCUT2D eigenvalue weighted by atomic mass is 32.2. The molecule has 7 heteroatoms. The maximum Gasteiger partial charge on any atom is 0.253 e. The number of sulfonamides is 1. The smallest absolute Gasteiger partial charge is 0.253 e. The lowest BCUT2D eigenvalue weighted by molar-refractivity contribution is 0.0698. The number of nitrogens with zero attached hydrogens (tertiary/aromatic N) is 3. The molecule has 1 amide bonds. The Hall–Kier alpha value is -2.90. The van der Waals surface area contributed by atoms with Crippen LogP contribution in [0.1, 0.15) is 53.5 Å². The average Bonchev–Trinajstić information content (AvgIpc) is 3.21. The fourth-order valence-electron chi connectivity index (χ4n) is 4.50. The summed E-state index contributed by atoms with van der Waals surface area (Å²) in [5, 5.41) is 0. The van der Waals surface area contributed by atoms with Crippen molar-refractivity contribution < 1.29 is 13.2 Å². The van der Waals surface area contributed by atoms with Crippen LogP contribution in [0.3, 0.4) is 0 Å². The molecule has 3 aromatic rings. The largest absolute Gasteiger partial charge is 0.336 e. The Balaban J connectivity index is 1.41. The molecular formula is C27H33N3O3S. The van der Waals surface area contributed by atoms with Crippen LogP contribution < -0.4 is 0 Å². The van der Waals surface area contributed by atoms with Crippen LogP contribution in [-0.4, -0.2) is 54.3 Å². The van der Waals surface area contributed by atoms with E-state index >= 15 is 0 Å². The lowest BCUT2D eigenvalue weighted by atomic mass is 9.99. The van der Waals surface area contributed by atoms with Crippen molar-refractivity contribution in [1.29, 1.82) is 0 Å². The fourth-order valence-corrected chi connectivity index (χ4v) is 5.92. The summed E-state index contributed by atoms with van der Waals surface area (Å²) in [6.07, 6.45) is 1.01. The number of benzene rings is 2. The molecule has 1 unspecified atom stereocenters. The van der Waals surface area contributed by atoms with Gasteiger partial charge in [-0.3, -0.25) is 4.79 Å². The van der Waals surface area contributed by atoms with Gasteiger partial charge in [-0.2, -0.15) is 4.31 Å². The van der Waals surface area contributed by atoms with Crippen molar-refractivity contribution in [1.82, 2.24) is 13.8 Å². The SMILES string of the molecule is CCC(C)c1ccc(S(=O)(=O)N2CCN(C(=O)c3ccc(-n4c(C)ccc4C)cc3)CC2)cc1. The summed E-state index contributed by atoms with van der Waals surface area (Å²) in [4.78, 5) is 15.1. The monoisotopic (exact) mass is 479 g/mol. The van der Waals surface area contributed by atoms with E-state index in [0.717, 1.165) is 29.1 Å². The fraction of sp³-hybridized carbons (Fsp3) is 0.370. The molecule has 1 aromatic heterocycles. The highest BCUT2D eigenvalue weighted by Gasteiger charge is 2.30. The normalized spacial score (nSPS) is 15.9. The van der Waals surface area contributed by atoms with Gasteiger partial charge in [0.1, 0.15) is 0 Å². The lowest BCUT2D eigenvalue weighted by Gasteiger charge is -2.34. The molecule has 0 spiro atoms. The van der Waals surface area contributed by atoms with Crippen LogP contribution in [-0.2, 0) is 10.0 Å². The summed E-state index contributed by atoms with van der Waals surface area (Å²) in [5.74, 6) is 0.333. The van der Waals surface area contributed by atoms with Gasteiger partial charge in [0, 0.05) is 48.8 Å². The molecule has 1 atom stereocenters. The van der Waals surface area contributed by atoms with Crippen molar-refractivity contribution in [3.8, 4) is 5.69 Å². The number of hydrogen-bond donors (Lipinski definition) is 0. The number of carbonyl (C=O) groups is 1. The van der Waals surface area contributed by atoms with Crippen molar-refractivity contribution in [3.63, 3.8) is 0 Å². The lowest BCUT2D eigenvalue weighted by Crippen LogP contribution is -2.50. The summed E-state index contributed by atoms with van der Waals surface area (Å²) in [7, 11) is -3.57. The molecule has 1 saturated heterocycles. The van der Waals surface area contributed by atoms with Gasteiger partial charge in [0.2, 0.25) is 10.0 Å². The molecule has 0 radical (unpaired) electrons. The highest BCUT2D eigenvalue weighted by Crippen LogP contribution is 2.24. The Kier molecular flexibility index (Phi) is 6.96. The van der Waals surface area contributed by atoms with E-state index in [2.05, 4.69) is 44.4 Å². The zero-order valence-electron chi connectivity index (χ0n) is 20.4. The second-order valence-electron chi connectivity index (χ2n) is 9.07. The third-order valence-electron chi connectivity index (χ3n) is 6.87. The minimum Gasteiger partial charge on any atom is -0.336 e. The Morgan fingerprint density at radius 1 is 0.853 bits per heavy atom. The van der Waals surface area contributed by atoms with Crippen LogP contribution in [0.4, 0.5) is 0 Å². The van der Waals surface area contributed by atoms with Crippen LogP contribution in [0.2, 0.25) is 0 Å². The zero-order chi connectivity index (χ0) is 24.5. The van der Waals surface area contributed by atoms with Crippen LogP contribution in [0, 0.1) is 13.8 Å². The standard InChI is InChI=1S/C27H33N3O3S/c1-5-20(2)23-10-14-26(15-11-23)34(32,33)29-18-16-28(17-19-29)27(31)24-8-12-25(13-9-24)30-21(3)6-7-22(30)4/h6-15,20H,5,16-19H2,1-4H3. The summed E-state index contributed by atoms with van der Waals surface area (Å²) < 4.78 is 29.8. The van der Waals surface area contributed by atoms with E-state index in [-0.39, 0.29) is 5.91 Å². The van der Waals surface area contributed by atoms with E-state index in [4.69, 9.17) is 0 Å². The van der Waals surface area contributed by atoms with E-state index in [9.17, 15) is 13.2 Å². The maximum absolute atomic E-state index is 13.1. The molecule has 6 nitrogen and oxygen atoms in total. The molecule has 34 heavy (non-hydrogen) atoms. The van der Waals surface area contributed by atoms with Crippen LogP contribution >= 0.6 is 0 Å². The van der Waals surface area contributed by atoms with Gasteiger partial charge >= 0.3 is 0 Å². The van der Waals surface area contributed by atoms with E-state index in [1.807, 2.05) is 36.4 Å². The molecular weight excluding hydrogens is 446 g/mol. The number of hydrogen-bond acceptors (Lipinski definition) is 3. The molecule has 0 saturated carbocycles. The first-order chi connectivity index (χ1) is 16.2. The number of aromatic nitrogens is 1.